The fraction of sp³-hybridized carbons (Fsp3) is 0.391. The number of rotatable bonds is 6. The van der Waals surface area contributed by atoms with E-state index in [1.165, 1.54) is 0 Å². The van der Waals surface area contributed by atoms with E-state index in [0.717, 1.165) is 21.2 Å². The van der Waals surface area contributed by atoms with Crippen LogP contribution in [-0.2, 0) is 22.6 Å². The van der Waals surface area contributed by atoms with E-state index in [9.17, 15) is 9.59 Å². The third-order valence-electron chi connectivity index (χ3n) is 4.35. The average Bonchev–Trinajstić information content (AvgIpc) is 2.57. The third kappa shape index (κ3) is 6.79. The zero-order valence-corrected chi connectivity index (χ0v) is 18.8. The monoisotopic (exact) mass is 444 g/mol. The lowest BCUT2D eigenvalue weighted by Crippen LogP contribution is -2.52. The number of halogens is 1. The quantitative estimate of drug-likeness (QED) is 0.705. The van der Waals surface area contributed by atoms with E-state index in [1.807, 2.05) is 76.2 Å². The second kappa shape index (κ2) is 9.37. The minimum Gasteiger partial charge on any atom is -0.350 e. The predicted molar refractivity (Wildman–Crippen MR) is 117 cm³/mol. The maximum absolute atomic E-state index is 13.2. The molecule has 150 valence electrons. The van der Waals surface area contributed by atoms with Gasteiger partial charge in [0, 0.05) is 16.6 Å². The zero-order chi connectivity index (χ0) is 20.9. The summed E-state index contributed by atoms with van der Waals surface area (Å²) in [5.41, 5.74) is 2.68. The topological polar surface area (TPSA) is 49.4 Å². The summed E-state index contributed by atoms with van der Waals surface area (Å²) in [7, 11) is 0. The van der Waals surface area contributed by atoms with Crippen LogP contribution >= 0.6 is 15.9 Å². The van der Waals surface area contributed by atoms with Gasteiger partial charge < -0.3 is 10.2 Å². The molecule has 0 aliphatic heterocycles. The van der Waals surface area contributed by atoms with Gasteiger partial charge in [0.2, 0.25) is 11.8 Å². The molecule has 0 spiro atoms. The molecule has 1 N–H and O–H groups in total. The molecule has 1 atom stereocenters. The Kier molecular flexibility index (Phi) is 7.41. The minimum absolute atomic E-state index is 0.0675. The van der Waals surface area contributed by atoms with Crippen molar-refractivity contribution in [3.8, 4) is 0 Å². The van der Waals surface area contributed by atoms with Crippen molar-refractivity contribution in [3.63, 3.8) is 0 Å². The first-order valence-corrected chi connectivity index (χ1v) is 10.3. The summed E-state index contributed by atoms with van der Waals surface area (Å²) >= 11 is 3.47. The average molecular weight is 445 g/mol. The first kappa shape index (κ1) is 22.2. The van der Waals surface area contributed by atoms with Crippen LogP contribution in [0.5, 0.6) is 0 Å². The van der Waals surface area contributed by atoms with Gasteiger partial charge in [-0.2, -0.15) is 0 Å². The number of hydrogen-bond donors (Lipinski definition) is 1. The number of benzene rings is 2. The summed E-state index contributed by atoms with van der Waals surface area (Å²) < 4.78 is 0.947. The van der Waals surface area contributed by atoms with Gasteiger partial charge in [-0.15, -0.1) is 0 Å². The molecule has 2 aromatic rings. The minimum atomic E-state index is -0.574. The Labute approximate surface area is 176 Å². The summed E-state index contributed by atoms with van der Waals surface area (Å²) in [5.74, 6) is -0.220. The van der Waals surface area contributed by atoms with E-state index in [0.29, 0.717) is 6.54 Å². The number of carbonyl (C=O) groups is 2. The molecule has 0 bridgehead atoms. The van der Waals surface area contributed by atoms with Gasteiger partial charge in [-0.3, -0.25) is 9.59 Å². The van der Waals surface area contributed by atoms with Gasteiger partial charge in [-0.25, -0.2) is 0 Å². The highest BCUT2D eigenvalue weighted by Gasteiger charge is 2.28. The van der Waals surface area contributed by atoms with Crippen molar-refractivity contribution in [2.24, 2.45) is 0 Å². The van der Waals surface area contributed by atoms with Gasteiger partial charge in [-0.1, -0.05) is 57.9 Å². The van der Waals surface area contributed by atoms with Gasteiger partial charge in [0.05, 0.1) is 6.42 Å². The van der Waals surface area contributed by atoms with Crippen molar-refractivity contribution in [2.45, 2.75) is 59.2 Å². The molecule has 28 heavy (non-hydrogen) atoms. The Morgan fingerprint density at radius 1 is 1.07 bits per heavy atom. The highest BCUT2D eigenvalue weighted by molar-refractivity contribution is 9.10. The first-order valence-electron chi connectivity index (χ1n) is 9.46. The molecule has 0 aliphatic carbocycles. The molecule has 0 saturated heterocycles. The molecule has 2 rings (SSSR count). The van der Waals surface area contributed by atoms with Crippen LogP contribution in [0.3, 0.4) is 0 Å². The maximum atomic E-state index is 13.2. The van der Waals surface area contributed by atoms with Gasteiger partial charge in [-0.05, 0) is 57.9 Å². The summed E-state index contributed by atoms with van der Waals surface area (Å²) in [4.78, 5) is 27.6. The van der Waals surface area contributed by atoms with Crippen LogP contribution in [0, 0.1) is 6.92 Å². The Bertz CT molecular complexity index is 842. The van der Waals surface area contributed by atoms with E-state index in [-0.39, 0.29) is 23.8 Å². The molecule has 0 unspecified atom stereocenters. The lowest BCUT2D eigenvalue weighted by molar-refractivity contribution is -0.140. The molecule has 0 aliphatic rings. The van der Waals surface area contributed by atoms with E-state index in [1.54, 1.807) is 11.8 Å². The lowest BCUT2D eigenvalue weighted by Gasteiger charge is -2.31. The molecule has 0 saturated carbocycles. The predicted octanol–water partition coefficient (Wildman–Crippen LogP) is 4.63. The molecule has 0 fully saturated rings. The van der Waals surface area contributed by atoms with Gasteiger partial charge >= 0.3 is 0 Å². The van der Waals surface area contributed by atoms with E-state index in [2.05, 4.69) is 21.2 Å². The number of carbonyl (C=O) groups excluding carboxylic acids is 2. The highest BCUT2D eigenvalue weighted by Crippen LogP contribution is 2.17. The van der Waals surface area contributed by atoms with E-state index in [4.69, 9.17) is 0 Å². The van der Waals surface area contributed by atoms with Crippen LogP contribution in [0.2, 0.25) is 0 Å². The number of nitrogens with zero attached hydrogens (tertiary/aromatic N) is 1. The first-order chi connectivity index (χ1) is 13.0. The van der Waals surface area contributed by atoms with Gasteiger partial charge in [0.25, 0.3) is 0 Å². The number of hydrogen-bond acceptors (Lipinski definition) is 2. The van der Waals surface area contributed by atoms with Crippen molar-refractivity contribution >= 4 is 27.7 Å². The largest absolute Gasteiger partial charge is 0.350 e. The molecule has 2 amide bonds. The molecule has 4 nitrogen and oxygen atoms in total. The molecule has 5 heteroatoms. The number of nitrogens with one attached hydrogen (secondary N) is 1. The SMILES string of the molecule is Cc1cccc(CC(=O)N(Cc2cccc(Br)c2)[C@@H](C)C(=O)NC(C)(C)C)c1. The molecule has 0 heterocycles. The maximum Gasteiger partial charge on any atom is 0.242 e. The van der Waals surface area contributed by atoms with E-state index < -0.39 is 6.04 Å². The van der Waals surface area contributed by atoms with Crippen LogP contribution in [0.4, 0.5) is 0 Å². The fourth-order valence-corrected chi connectivity index (χ4v) is 3.43. The molecular formula is C23H29BrN2O2. The Hall–Kier alpha value is -2.14. The Morgan fingerprint density at radius 2 is 1.71 bits per heavy atom. The van der Waals surface area contributed by atoms with Gasteiger partial charge in [0.1, 0.15) is 6.04 Å². The smallest absolute Gasteiger partial charge is 0.242 e. The third-order valence-corrected chi connectivity index (χ3v) is 4.84. The zero-order valence-electron chi connectivity index (χ0n) is 17.3. The molecular weight excluding hydrogens is 416 g/mol. The van der Waals surface area contributed by atoms with Crippen LogP contribution in [-0.4, -0.2) is 28.3 Å². The van der Waals surface area contributed by atoms with Crippen molar-refractivity contribution in [1.29, 1.82) is 0 Å². The van der Waals surface area contributed by atoms with Crippen LogP contribution in [0.15, 0.2) is 53.0 Å². The normalized spacial score (nSPS) is 12.4. The second-order valence-corrected chi connectivity index (χ2v) is 9.15. The van der Waals surface area contributed by atoms with Crippen LogP contribution in [0.1, 0.15) is 44.4 Å². The fourth-order valence-electron chi connectivity index (χ4n) is 2.99. The van der Waals surface area contributed by atoms with Crippen LogP contribution in [0.25, 0.3) is 0 Å². The Morgan fingerprint density at radius 3 is 2.32 bits per heavy atom. The summed E-state index contributed by atoms with van der Waals surface area (Å²) in [6, 6.07) is 15.2. The van der Waals surface area contributed by atoms with E-state index >= 15 is 0 Å². The molecule has 2 aromatic carbocycles. The Balaban J connectivity index is 2.26. The van der Waals surface area contributed by atoms with Crippen molar-refractivity contribution < 1.29 is 9.59 Å². The highest BCUT2D eigenvalue weighted by atomic mass is 79.9. The van der Waals surface area contributed by atoms with Gasteiger partial charge in [0.15, 0.2) is 0 Å². The van der Waals surface area contributed by atoms with Crippen molar-refractivity contribution in [1.82, 2.24) is 10.2 Å². The number of aryl methyl sites for hydroxylation is 1. The van der Waals surface area contributed by atoms with Crippen LogP contribution < -0.4 is 5.32 Å². The summed E-state index contributed by atoms with van der Waals surface area (Å²) in [6.45, 7) is 9.98. The lowest BCUT2D eigenvalue weighted by atomic mass is 10.1. The van der Waals surface area contributed by atoms with Crippen molar-refractivity contribution in [2.75, 3.05) is 0 Å². The molecule has 0 aromatic heterocycles. The summed E-state index contributed by atoms with van der Waals surface area (Å²) in [5, 5.41) is 2.98. The summed E-state index contributed by atoms with van der Waals surface area (Å²) in [6.07, 6.45) is 0.267. The number of amides is 2. The molecule has 0 radical (unpaired) electrons. The second-order valence-electron chi connectivity index (χ2n) is 8.23. The van der Waals surface area contributed by atoms with Crippen molar-refractivity contribution in [3.05, 3.63) is 69.7 Å². The standard InChI is InChI=1S/C23H29BrN2O2/c1-16-8-6-9-18(12-16)14-21(27)26(15-19-10-7-11-20(24)13-19)17(2)22(28)25-23(3,4)5/h6-13,17H,14-15H2,1-5H3,(H,25,28)/t17-/m0/s1.